The highest BCUT2D eigenvalue weighted by Crippen LogP contribution is 2.28. The Bertz CT molecular complexity index is 696. The predicted octanol–water partition coefficient (Wildman–Crippen LogP) is 4.13. The van der Waals surface area contributed by atoms with Crippen LogP contribution in [0, 0.1) is 6.92 Å². The standard InChI is InChI=1S/C20H23NO2/c1-3-19(23-17-11-6-8-15(2)14-17)20(22)21-13-7-10-16-9-4-5-12-18(16)21/h4-6,8-9,11-12,14,19H,3,7,10,13H2,1-2H3. The van der Waals surface area contributed by atoms with Crippen molar-refractivity contribution < 1.29 is 9.53 Å². The Morgan fingerprint density at radius 1 is 1.22 bits per heavy atom. The smallest absolute Gasteiger partial charge is 0.268 e. The lowest BCUT2D eigenvalue weighted by molar-refractivity contribution is -0.125. The summed E-state index contributed by atoms with van der Waals surface area (Å²) in [7, 11) is 0. The zero-order valence-corrected chi connectivity index (χ0v) is 13.8. The van der Waals surface area contributed by atoms with Crippen molar-refractivity contribution >= 4 is 11.6 Å². The lowest BCUT2D eigenvalue weighted by Gasteiger charge is -2.32. The summed E-state index contributed by atoms with van der Waals surface area (Å²) < 4.78 is 5.98. The number of carbonyl (C=O) groups is 1. The van der Waals surface area contributed by atoms with Gasteiger partial charge in [0.05, 0.1) is 0 Å². The Balaban J connectivity index is 1.81. The van der Waals surface area contributed by atoms with Gasteiger partial charge in [-0.15, -0.1) is 0 Å². The predicted molar refractivity (Wildman–Crippen MR) is 93.0 cm³/mol. The zero-order valence-electron chi connectivity index (χ0n) is 13.8. The Hall–Kier alpha value is -2.29. The number of anilines is 1. The van der Waals surface area contributed by atoms with Crippen LogP contribution < -0.4 is 9.64 Å². The number of aryl methyl sites for hydroxylation is 2. The van der Waals surface area contributed by atoms with Crippen LogP contribution in [0.3, 0.4) is 0 Å². The van der Waals surface area contributed by atoms with Gasteiger partial charge in [0.15, 0.2) is 6.10 Å². The van der Waals surface area contributed by atoms with Gasteiger partial charge in [-0.05, 0) is 55.5 Å². The normalized spacial score (nSPS) is 15.0. The van der Waals surface area contributed by atoms with E-state index in [1.807, 2.05) is 61.2 Å². The molecule has 3 rings (SSSR count). The Labute approximate surface area is 137 Å². The van der Waals surface area contributed by atoms with E-state index in [0.29, 0.717) is 6.42 Å². The van der Waals surface area contributed by atoms with E-state index in [9.17, 15) is 4.79 Å². The summed E-state index contributed by atoms with van der Waals surface area (Å²) in [4.78, 5) is 14.9. The quantitative estimate of drug-likeness (QED) is 0.850. The molecule has 1 heterocycles. The number of nitrogens with zero attached hydrogens (tertiary/aromatic N) is 1. The topological polar surface area (TPSA) is 29.5 Å². The molecule has 0 fully saturated rings. The van der Waals surface area contributed by atoms with Gasteiger partial charge in [0.1, 0.15) is 5.75 Å². The molecule has 3 nitrogen and oxygen atoms in total. The summed E-state index contributed by atoms with van der Waals surface area (Å²) in [5, 5.41) is 0. The average Bonchev–Trinajstić information content (AvgIpc) is 2.58. The molecule has 1 aliphatic rings. The molecule has 0 spiro atoms. The Kier molecular flexibility index (Phi) is 4.65. The third-order valence-corrected chi connectivity index (χ3v) is 4.29. The van der Waals surface area contributed by atoms with Crippen LogP contribution in [0.15, 0.2) is 48.5 Å². The van der Waals surface area contributed by atoms with Crippen molar-refractivity contribution in [3.63, 3.8) is 0 Å². The Morgan fingerprint density at radius 3 is 2.83 bits per heavy atom. The van der Waals surface area contributed by atoms with Crippen LogP contribution in [-0.4, -0.2) is 18.6 Å². The number of carbonyl (C=O) groups excluding carboxylic acids is 1. The third-order valence-electron chi connectivity index (χ3n) is 4.29. The molecule has 3 heteroatoms. The minimum Gasteiger partial charge on any atom is -0.481 e. The van der Waals surface area contributed by atoms with Crippen molar-refractivity contribution in [3.05, 3.63) is 59.7 Å². The molecule has 2 aromatic rings. The fourth-order valence-electron chi connectivity index (χ4n) is 3.10. The molecule has 0 N–H and O–H groups in total. The van der Waals surface area contributed by atoms with Crippen LogP contribution in [0.2, 0.25) is 0 Å². The molecule has 1 amide bonds. The van der Waals surface area contributed by atoms with Gasteiger partial charge < -0.3 is 9.64 Å². The van der Waals surface area contributed by atoms with E-state index in [-0.39, 0.29) is 5.91 Å². The summed E-state index contributed by atoms with van der Waals surface area (Å²) in [6.07, 6.45) is 2.26. The molecule has 0 saturated heterocycles. The van der Waals surface area contributed by atoms with Crippen LogP contribution in [0.4, 0.5) is 5.69 Å². The van der Waals surface area contributed by atoms with Gasteiger partial charge in [-0.1, -0.05) is 37.3 Å². The molecule has 0 aromatic heterocycles. The van der Waals surface area contributed by atoms with Gasteiger partial charge in [-0.25, -0.2) is 0 Å². The van der Waals surface area contributed by atoms with E-state index in [2.05, 4.69) is 6.07 Å². The second-order valence-electron chi connectivity index (χ2n) is 6.05. The summed E-state index contributed by atoms with van der Waals surface area (Å²) in [5.74, 6) is 0.816. The van der Waals surface area contributed by atoms with Crippen LogP contribution in [0.25, 0.3) is 0 Å². The number of benzene rings is 2. The highest BCUT2D eigenvalue weighted by atomic mass is 16.5. The zero-order chi connectivity index (χ0) is 16.2. The lowest BCUT2D eigenvalue weighted by atomic mass is 10.0. The van der Waals surface area contributed by atoms with E-state index < -0.39 is 6.10 Å². The molecule has 1 unspecified atom stereocenters. The van der Waals surface area contributed by atoms with Crippen LogP contribution in [0.1, 0.15) is 30.9 Å². The molecule has 1 aliphatic heterocycles. The molecule has 0 radical (unpaired) electrons. The molecule has 0 bridgehead atoms. The van der Waals surface area contributed by atoms with Gasteiger partial charge in [0.2, 0.25) is 0 Å². The van der Waals surface area contributed by atoms with Gasteiger partial charge in [-0.3, -0.25) is 4.79 Å². The fourth-order valence-corrected chi connectivity index (χ4v) is 3.10. The van der Waals surface area contributed by atoms with Crippen molar-refractivity contribution in [2.45, 2.75) is 39.2 Å². The Morgan fingerprint density at radius 2 is 2.04 bits per heavy atom. The van der Waals surface area contributed by atoms with Crippen LogP contribution in [-0.2, 0) is 11.2 Å². The first-order valence-corrected chi connectivity index (χ1v) is 8.31. The monoisotopic (exact) mass is 309 g/mol. The SMILES string of the molecule is CCC(Oc1cccc(C)c1)C(=O)N1CCCc2ccccc21. The van der Waals surface area contributed by atoms with Crippen molar-refractivity contribution in [2.24, 2.45) is 0 Å². The summed E-state index contributed by atoms with van der Waals surface area (Å²) >= 11 is 0. The maximum absolute atomic E-state index is 13.0. The number of fused-ring (bicyclic) bond motifs is 1. The number of rotatable bonds is 4. The van der Waals surface area contributed by atoms with E-state index >= 15 is 0 Å². The number of ether oxygens (including phenoxy) is 1. The van der Waals surface area contributed by atoms with Crippen molar-refractivity contribution in [1.29, 1.82) is 0 Å². The van der Waals surface area contributed by atoms with Gasteiger partial charge in [0.25, 0.3) is 5.91 Å². The van der Waals surface area contributed by atoms with Crippen LogP contribution >= 0.6 is 0 Å². The number of para-hydroxylation sites is 1. The van der Waals surface area contributed by atoms with Crippen molar-refractivity contribution in [3.8, 4) is 5.75 Å². The first kappa shape index (κ1) is 15.6. The summed E-state index contributed by atoms with van der Waals surface area (Å²) in [5.41, 5.74) is 3.42. The van der Waals surface area contributed by atoms with E-state index in [1.165, 1.54) is 5.56 Å². The maximum Gasteiger partial charge on any atom is 0.268 e. The fraction of sp³-hybridized carbons (Fsp3) is 0.350. The highest BCUT2D eigenvalue weighted by molar-refractivity contribution is 5.97. The molecular formula is C20H23NO2. The number of hydrogen-bond donors (Lipinski definition) is 0. The maximum atomic E-state index is 13.0. The largest absolute Gasteiger partial charge is 0.481 e. The molecule has 0 aliphatic carbocycles. The second-order valence-corrected chi connectivity index (χ2v) is 6.05. The summed E-state index contributed by atoms with van der Waals surface area (Å²) in [6.45, 7) is 4.79. The molecule has 2 aromatic carbocycles. The minimum atomic E-state index is -0.442. The first-order valence-electron chi connectivity index (χ1n) is 8.31. The molecule has 120 valence electrons. The van der Waals surface area contributed by atoms with Crippen molar-refractivity contribution in [1.82, 2.24) is 0 Å². The third kappa shape index (κ3) is 3.39. The van der Waals surface area contributed by atoms with Crippen molar-refractivity contribution in [2.75, 3.05) is 11.4 Å². The van der Waals surface area contributed by atoms with E-state index in [1.54, 1.807) is 0 Å². The summed E-state index contributed by atoms with van der Waals surface area (Å²) in [6, 6.07) is 16.0. The van der Waals surface area contributed by atoms with Gasteiger partial charge >= 0.3 is 0 Å². The second kappa shape index (κ2) is 6.86. The molecule has 23 heavy (non-hydrogen) atoms. The number of amides is 1. The van der Waals surface area contributed by atoms with E-state index in [4.69, 9.17) is 4.74 Å². The van der Waals surface area contributed by atoms with Gasteiger partial charge in [-0.2, -0.15) is 0 Å². The highest BCUT2D eigenvalue weighted by Gasteiger charge is 2.28. The lowest BCUT2D eigenvalue weighted by Crippen LogP contribution is -2.44. The van der Waals surface area contributed by atoms with Gasteiger partial charge in [0, 0.05) is 12.2 Å². The van der Waals surface area contributed by atoms with Crippen LogP contribution in [0.5, 0.6) is 5.75 Å². The molecule has 1 atom stereocenters. The molecular weight excluding hydrogens is 286 g/mol. The molecule has 0 saturated carbocycles. The average molecular weight is 309 g/mol. The minimum absolute atomic E-state index is 0.0566. The first-order chi connectivity index (χ1) is 11.2. The van der Waals surface area contributed by atoms with E-state index in [0.717, 1.165) is 36.4 Å². The number of hydrogen-bond acceptors (Lipinski definition) is 2.